The van der Waals surface area contributed by atoms with Crippen molar-refractivity contribution >= 4 is 23.2 Å². The number of carbonyl (C=O) groups excluding carboxylic acids is 1. The maximum absolute atomic E-state index is 13.6. The Labute approximate surface area is 172 Å². The van der Waals surface area contributed by atoms with Crippen LogP contribution in [0.5, 0.6) is 5.75 Å². The first-order chi connectivity index (χ1) is 13.6. The summed E-state index contributed by atoms with van der Waals surface area (Å²) in [5.41, 5.74) is 3.18. The third-order valence-corrected chi connectivity index (χ3v) is 5.63. The van der Waals surface area contributed by atoms with Gasteiger partial charge in [-0.25, -0.2) is 0 Å². The number of hydrogen-bond donors (Lipinski definition) is 1. The first-order valence-corrected chi connectivity index (χ1v) is 9.96. The molecule has 0 radical (unpaired) electrons. The van der Waals surface area contributed by atoms with E-state index in [-0.39, 0.29) is 17.7 Å². The van der Waals surface area contributed by atoms with E-state index in [9.17, 15) is 4.79 Å². The zero-order chi connectivity index (χ0) is 20.1. The fraction of sp³-hybridized carbons (Fsp3) is 0.348. The summed E-state index contributed by atoms with van der Waals surface area (Å²) in [7, 11) is 3.55. The van der Waals surface area contributed by atoms with Gasteiger partial charge in [0.1, 0.15) is 5.75 Å². The van der Waals surface area contributed by atoms with Crippen molar-refractivity contribution in [2.24, 2.45) is 5.92 Å². The minimum atomic E-state index is -0.172. The molecule has 4 nitrogen and oxygen atoms in total. The van der Waals surface area contributed by atoms with Gasteiger partial charge in [-0.1, -0.05) is 29.8 Å². The summed E-state index contributed by atoms with van der Waals surface area (Å²) in [5.74, 6) is 0.822. The Morgan fingerprint density at radius 2 is 2.04 bits per heavy atom. The number of rotatable bonds is 7. The molecule has 0 saturated carbocycles. The summed E-state index contributed by atoms with van der Waals surface area (Å²) in [4.78, 5) is 15.5. The molecule has 2 atom stereocenters. The molecule has 2 aromatic carbocycles. The third-order valence-electron chi connectivity index (χ3n) is 5.39. The molecule has 0 spiro atoms. The van der Waals surface area contributed by atoms with Crippen LogP contribution in [0.4, 0.5) is 5.69 Å². The SMILES string of the molecule is C=CC[C@@H]1C(=O)N(CCNC)c2ccc(Cl)cc2C[C@@H]1c1ccc(OC)cc1. The minimum absolute atomic E-state index is 0.0493. The number of benzene rings is 2. The summed E-state index contributed by atoms with van der Waals surface area (Å²) in [6.45, 7) is 5.24. The Balaban J connectivity index is 2.08. The summed E-state index contributed by atoms with van der Waals surface area (Å²) < 4.78 is 5.29. The standard InChI is InChI=1S/C23H27ClN2O2/c1-4-5-20-21(16-6-9-19(28-3)10-7-16)15-17-14-18(24)8-11-22(17)26(23(20)27)13-12-25-2/h4,6-11,14,20-21,25H,1,5,12-13,15H2,2-3H3/t20-,21+/m0/s1. The zero-order valence-electron chi connectivity index (χ0n) is 16.5. The van der Waals surface area contributed by atoms with Crippen LogP contribution in [0.25, 0.3) is 0 Å². The second-order valence-electron chi connectivity index (χ2n) is 7.08. The lowest BCUT2D eigenvalue weighted by atomic mass is 9.80. The highest BCUT2D eigenvalue weighted by atomic mass is 35.5. The molecular formula is C23H27ClN2O2. The number of fused-ring (bicyclic) bond motifs is 1. The minimum Gasteiger partial charge on any atom is -0.497 e. The largest absolute Gasteiger partial charge is 0.497 e. The van der Waals surface area contributed by atoms with Gasteiger partial charge in [0.2, 0.25) is 5.91 Å². The van der Waals surface area contributed by atoms with Crippen LogP contribution in [0.3, 0.4) is 0 Å². The summed E-state index contributed by atoms with van der Waals surface area (Å²) in [6.07, 6.45) is 3.23. The normalized spacial score (nSPS) is 19.1. The number of amides is 1. The van der Waals surface area contributed by atoms with Gasteiger partial charge in [0.15, 0.2) is 0 Å². The lowest BCUT2D eigenvalue weighted by Gasteiger charge is -2.28. The van der Waals surface area contributed by atoms with E-state index in [2.05, 4.69) is 24.0 Å². The number of ether oxygens (including phenoxy) is 1. The smallest absolute Gasteiger partial charge is 0.231 e. The number of likely N-dealkylation sites (N-methyl/N-ethyl adjacent to an activating group) is 1. The molecule has 0 saturated heterocycles. The molecule has 148 valence electrons. The topological polar surface area (TPSA) is 41.6 Å². The van der Waals surface area contributed by atoms with E-state index in [0.29, 0.717) is 18.0 Å². The van der Waals surface area contributed by atoms with Gasteiger partial charge >= 0.3 is 0 Å². The highest BCUT2D eigenvalue weighted by molar-refractivity contribution is 6.30. The number of methoxy groups -OCH3 is 1. The van der Waals surface area contributed by atoms with Crippen molar-refractivity contribution in [1.29, 1.82) is 0 Å². The Hall–Kier alpha value is -2.30. The number of halogens is 1. The first-order valence-electron chi connectivity index (χ1n) is 9.58. The molecule has 0 fully saturated rings. The second-order valence-corrected chi connectivity index (χ2v) is 7.52. The van der Waals surface area contributed by atoms with E-state index < -0.39 is 0 Å². The average molecular weight is 399 g/mol. The Kier molecular flexibility index (Phi) is 6.76. The molecule has 1 amide bonds. The van der Waals surface area contributed by atoms with Gasteiger partial charge < -0.3 is 15.0 Å². The highest BCUT2D eigenvalue weighted by Gasteiger charge is 2.36. The van der Waals surface area contributed by atoms with Gasteiger partial charge in [-0.05, 0) is 67.3 Å². The van der Waals surface area contributed by atoms with Gasteiger partial charge in [0, 0.05) is 29.7 Å². The molecule has 2 aromatic rings. The highest BCUT2D eigenvalue weighted by Crippen LogP contribution is 2.40. The molecular weight excluding hydrogens is 372 g/mol. The predicted molar refractivity (Wildman–Crippen MR) is 115 cm³/mol. The van der Waals surface area contributed by atoms with E-state index in [1.54, 1.807) is 7.11 Å². The summed E-state index contributed by atoms with van der Waals surface area (Å²) >= 11 is 6.30. The van der Waals surface area contributed by atoms with Crippen molar-refractivity contribution in [2.75, 3.05) is 32.1 Å². The molecule has 1 heterocycles. The molecule has 0 aromatic heterocycles. The first kappa shape index (κ1) is 20.4. The lowest BCUT2D eigenvalue weighted by molar-refractivity contribution is -0.122. The summed E-state index contributed by atoms with van der Waals surface area (Å²) in [6, 6.07) is 13.8. The molecule has 0 aliphatic carbocycles. The number of hydrogen-bond acceptors (Lipinski definition) is 3. The second kappa shape index (κ2) is 9.26. The lowest BCUT2D eigenvalue weighted by Crippen LogP contribution is -2.40. The van der Waals surface area contributed by atoms with Gasteiger partial charge in [-0.15, -0.1) is 6.58 Å². The molecule has 5 heteroatoms. The molecule has 1 aliphatic rings. The van der Waals surface area contributed by atoms with Crippen molar-refractivity contribution in [1.82, 2.24) is 5.32 Å². The number of allylic oxidation sites excluding steroid dienone is 1. The van der Waals surface area contributed by atoms with Crippen LogP contribution in [0.1, 0.15) is 23.5 Å². The van der Waals surface area contributed by atoms with Crippen LogP contribution < -0.4 is 15.0 Å². The predicted octanol–water partition coefficient (Wildman–Crippen LogP) is 4.43. The van der Waals surface area contributed by atoms with Crippen LogP contribution in [0.15, 0.2) is 55.1 Å². The number of anilines is 1. The van der Waals surface area contributed by atoms with E-state index in [4.69, 9.17) is 16.3 Å². The average Bonchev–Trinajstić information content (AvgIpc) is 2.82. The molecule has 3 rings (SSSR count). The van der Waals surface area contributed by atoms with Crippen molar-refractivity contribution in [3.8, 4) is 5.75 Å². The molecule has 28 heavy (non-hydrogen) atoms. The zero-order valence-corrected chi connectivity index (χ0v) is 17.2. The number of nitrogens with zero attached hydrogens (tertiary/aromatic N) is 1. The quantitative estimate of drug-likeness (QED) is 0.701. The van der Waals surface area contributed by atoms with Gasteiger partial charge in [0.05, 0.1) is 7.11 Å². The van der Waals surface area contributed by atoms with E-state index in [1.165, 1.54) is 0 Å². The number of carbonyl (C=O) groups is 1. The fourth-order valence-corrected chi connectivity index (χ4v) is 4.15. The van der Waals surface area contributed by atoms with Crippen LogP contribution in [0, 0.1) is 5.92 Å². The van der Waals surface area contributed by atoms with E-state index >= 15 is 0 Å². The maximum atomic E-state index is 13.6. The van der Waals surface area contributed by atoms with Gasteiger partial charge in [-0.3, -0.25) is 4.79 Å². The Bertz CT molecular complexity index is 835. The van der Waals surface area contributed by atoms with Crippen molar-refractivity contribution in [2.45, 2.75) is 18.8 Å². The Morgan fingerprint density at radius 3 is 2.68 bits per heavy atom. The van der Waals surface area contributed by atoms with Crippen LogP contribution in [-0.2, 0) is 11.2 Å². The monoisotopic (exact) mass is 398 g/mol. The van der Waals surface area contributed by atoms with E-state index in [1.807, 2.05) is 48.4 Å². The molecule has 0 bridgehead atoms. The third kappa shape index (κ3) is 4.23. The van der Waals surface area contributed by atoms with Crippen molar-refractivity contribution < 1.29 is 9.53 Å². The Morgan fingerprint density at radius 1 is 1.29 bits per heavy atom. The fourth-order valence-electron chi connectivity index (χ4n) is 3.95. The van der Waals surface area contributed by atoms with Crippen LogP contribution in [-0.4, -0.2) is 33.2 Å². The molecule has 1 aliphatic heterocycles. The van der Waals surface area contributed by atoms with Crippen molar-refractivity contribution in [3.63, 3.8) is 0 Å². The maximum Gasteiger partial charge on any atom is 0.231 e. The van der Waals surface area contributed by atoms with Gasteiger partial charge in [-0.2, -0.15) is 0 Å². The number of nitrogens with one attached hydrogen (secondary N) is 1. The van der Waals surface area contributed by atoms with E-state index in [0.717, 1.165) is 35.5 Å². The molecule has 1 N–H and O–H groups in total. The van der Waals surface area contributed by atoms with Gasteiger partial charge in [0.25, 0.3) is 0 Å². The van der Waals surface area contributed by atoms with Crippen molar-refractivity contribution in [3.05, 3.63) is 71.3 Å². The van der Waals surface area contributed by atoms with Crippen LogP contribution >= 0.6 is 11.6 Å². The summed E-state index contributed by atoms with van der Waals surface area (Å²) in [5, 5.41) is 3.84. The van der Waals surface area contributed by atoms with Crippen LogP contribution in [0.2, 0.25) is 5.02 Å². The molecule has 0 unspecified atom stereocenters.